The Morgan fingerprint density at radius 2 is 1.40 bits per heavy atom. The van der Waals surface area contributed by atoms with Gasteiger partial charge in [-0.3, -0.25) is 0 Å². The molecule has 0 N–H and O–H groups in total. The number of ether oxygens (including phenoxy) is 1. The molecule has 0 heterocycles. The van der Waals surface area contributed by atoms with E-state index in [1.165, 1.54) is 0 Å². The smallest absolute Gasteiger partial charge is 0.147 e. The molecule has 3 rings (SSSR count). The number of rotatable bonds is 5. The molecule has 0 atom stereocenters. The zero-order valence-electron chi connectivity index (χ0n) is 13.7. The molecule has 0 spiro atoms. The van der Waals surface area contributed by atoms with E-state index in [4.69, 9.17) is 4.74 Å². The Morgan fingerprint density at radius 3 is 1.88 bits per heavy atom. The molecule has 0 aliphatic rings. The number of hydrogen-bond acceptors (Lipinski definition) is 2. The van der Waals surface area contributed by atoms with Crippen LogP contribution < -0.4 is 15.3 Å². The van der Waals surface area contributed by atoms with E-state index in [2.05, 4.69) is 31.9 Å². The van der Waals surface area contributed by atoms with Gasteiger partial charge in [0.05, 0.1) is 11.6 Å². The highest BCUT2D eigenvalue weighted by atomic mass is 79.9. The van der Waals surface area contributed by atoms with E-state index >= 15 is 0 Å². The number of hydrogen-bond donors (Lipinski definition) is 0. The van der Waals surface area contributed by atoms with E-state index in [-0.39, 0.29) is 0 Å². The van der Waals surface area contributed by atoms with Crippen LogP contribution in [0.15, 0.2) is 81.7 Å². The second-order valence-electron chi connectivity index (χ2n) is 5.65. The summed E-state index contributed by atoms with van der Waals surface area (Å²) in [5, 5.41) is 1.69. The molecule has 3 aromatic rings. The molecular weight excluding hydrogens is 463 g/mol. The van der Waals surface area contributed by atoms with Crippen molar-refractivity contribution in [3.8, 4) is 5.75 Å². The molecule has 0 aromatic heterocycles. The minimum Gasteiger partial charge on any atom is -0.495 e. The van der Waals surface area contributed by atoms with Gasteiger partial charge in [0.25, 0.3) is 0 Å². The Labute approximate surface area is 164 Å². The third-order valence-corrected chi connectivity index (χ3v) is 8.13. The summed E-state index contributed by atoms with van der Waals surface area (Å²) in [6.07, 6.45) is 0.391. The summed E-state index contributed by atoms with van der Waals surface area (Å²) in [4.78, 5) is 0. The molecule has 128 valence electrons. The van der Waals surface area contributed by atoms with Crippen LogP contribution in [-0.2, 0) is 10.7 Å². The van der Waals surface area contributed by atoms with Crippen molar-refractivity contribution in [3.05, 3.63) is 87.3 Å². The maximum absolute atomic E-state index is 14.2. The van der Waals surface area contributed by atoms with Gasteiger partial charge in [0.1, 0.15) is 12.9 Å². The van der Waals surface area contributed by atoms with Gasteiger partial charge >= 0.3 is 0 Å². The number of methoxy groups -OCH3 is 1. The lowest BCUT2D eigenvalue weighted by Gasteiger charge is -2.21. The van der Waals surface area contributed by atoms with Crippen LogP contribution in [0.2, 0.25) is 0 Å². The normalized spacial score (nSPS) is 11.3. The second-order valence-corrected chi connectivity index (χ2v) is 10.2. The largest absolute Gasteiger partial charge is 0.495 e. The van der Waals surface area contributed by atoms with Crippen molar-refractivity contribution in [1.82, 2.24) is 0 Å². The Hall–Kier alpha value is -1.35. The molecule has 2 nitrogen and oxygen atoms in total. The van der Waals surface area contributed by atoms with E-state index < -0.39 is 7.14 Å². The molecule has 0 saturated heterocycles. The highest BCUT2D eigenvalue weighted by molar-refractivity contribution is 9.11. The van der Waals surface area contributed by atoms with Crippen molar-refractivity contribution < 1.29 is 9.30 Å². The molecule has 5 heteroatoms. The molecule has 0 unspecified atom stereocenters. The van der Waals surface area contributed by atoms with E-state index in [0.29, 0.717) is 6.16 Å². The fraction of sp³-hybridized carbons (Fsp3) is 0.100. The van der Waals surface area contributed by atoms with Crippen LogP contribution in [0.1, 0.15) is 5.56 Å². The lowest BCUT2D eigenvalue weighted by molar-refractivity contribution is 0.408. The van der Waals surface area contributed by atoms with Gasteiger partial charge in [-0.05, 0) is 28.1 Å². The first-order valence-corrected chi connectivity index (χ1v) is 11.2. The van der Waals surface area contributed by atoms with Crippen molar-refractivity contribution in [2.75, 3.05) is 7.11 Å². The summed E-state index contributed by atoms with van der Waals surface area (Å²) in [7, 11) is -1.22. The molecule has 25 heavy (non-hydrogen) atoms. The van der Waals surface area contributed by atoms with Crippen LogP contribution in [-0.4, -0.2) is 7.11 Å². The van der Waals surface area contributed by atoms with Gasteiger partial charge in [-0.1, -0.05) is 76.6 Å². The standard InChI is InChI=1S/C20H17Br2O2P/c1-24-20-15(12-16(21)13-19(20)22)14-25(23,17-8-4-2-5-9-17)18-10-6-3-7-11-18/h2-13H,14H2,1H3. The number of benzene rings is 3. The maximum atomic E-state index is 14.2. The average Bonchev–Trinajstić information content (AvgIpc) is 2.63. The number of halogens is 2. The van der Waals surface area contributed by atoms with Gasteiger partial charge < -0.3 is 9.30 Å². The predicted molar refractivity (Wildman–Crippen MR) is 112 cm³/mol. The van der Waals surface area contributed by atoms with Gasteiger partial charge in [-0.25, -0.2) is 0 Å². The quantitative estimate of drug-likeness (QED) is 0.436. The molecule has 0 saturated carbocycles. The molecule has 0 radical (unpaired) electrons. The van der Waals surface area contributed by atoms with E-state index in [1.54, 1.807) is 7.11 Å². The molecule has 0 aliphatic heterocycles. The molecule has 0 amide bonds. The van der Waals surface area contributed by atoms with Crippen LogP contribution in [0.25, 0.3) is 0 Å². The minimum absolute atomic E-state index is 0.391. The molecular formula is C20H17Br2O2P. The van der Waals surface area contributed by atoms with Gasteiger partial charge in [-0.2, -0.15) is 0 Å². The van der Waals surface area contributed by atoms with Gasteiger partial charge in [0, 0.05) is 26.8 Å². The molecule has 0 bridgehead atoms. The third kappa shape index (κ3) is 3.92. The van der Waals surface area contributed by atoms with Crippen molar-refractivity contribution in [1.29, 1.82) is 0 Å². The zero-order valence-corrected chi connectivity index (χ0v) is 17.7. The summed E-state index contributed by atoms with van der Waals surface area (Å²) in [6.45, 7) is 0. The van der Waals surface area contributed by atoms with Crippen molar-refractivity contribution in [2.45, 2.75) is 6.16 Å². The van der Waals surface area contributed by atoms with E-state index in [0.717, 1.165) is 30.9 Å². The average molecular weight is 480 g/mol. The Kier molecular flexibility index (Phi) is 5.83. The fourth-order valence-electron chi connectivity index (χ4n) is 2.87. The summed E-state index contributed by atoms with van der Waals surface area (Å²) in [6, 6.07) is 23.3. The first-order valence-electron chi connectivity index (χ1n) is 7.77. The molecule has 0 fully saturated rings. The highest BCUT2D eigenvalue weighted by Gasteiger charge is 2.29. The monoisotopic (exact) mass is 478 g/mol. The van der Waals surface area contributed by atoms with Crippen molar-refractivity contribution in [2.24, 2.45) is 0 Å². The second kappa shape index (κ2) is 7.90. The highest BCUT2D eigenvalue weighted by Crippen LogP contribution is 2.49. The molecule has 3 aromatic carbocycles. The zero-order chi connectivity index (χ0) is 17.9. The Bertz CT molecular complexity index is 868. The van der Waals surface area contributed by atoms with Crippen LogP contribution in [0.3, 0.4) is 0 Å². The van der Waals surface area contributed by atoms with Crippen LogP contribution in [0, 0.1) is 0 Å². The van der Waals surface area contributed by atoms with E-state index in [1.807, 2.05) is 72.8 Å². The molecule has 0 aliphatic carbocycles. The van der Waals surface area contributed by atoms with Gasteiger partial charge in [0.2, 0.25) is 0 Å². The summed E-state index contributed by atoms with van der Waals surface area (Å²) >= 11 is 7.05. The first-order chi connectivity index (χ1) is 12.0. The Morgan fingerprint density at radius 1 is 0.880 bits per heavy atom. The maximum Gasteiger partial charge on any atom is 0.147 e. The van der Waals surface area contributed by atoms with Crippen molar-refractivity contribution in [3.63, 3.8) is 0 Å². The SMILES string of the molecule is COc1c(Br)cc(Br)cc1CP(=O)(c1ccccc1)c1ccccc1. The third-order valence-electron chi connectivity index (χ3n) is 4.03. The summed E-state index contributed by atoms with van der Waals surface area (Å²) in [5.41, 5.74) is 0.903. The van der Waals surface area contributed by atoms with Crippen molar-refractivity contribution >= 4 is 49.6 Å². The minimum atomic E-state index is -2.85. The lowest BCUT2D eigenvalue weighted by Crippen LogP contribution is -2.17. The lowest BCUT2D eigenvalue weighted by atomic mass is 10.2. The summed E-state index contributed by atoms with van der Waals surface area (Å²) < 4.78 is 21.5. The first kappa shape index (κ1) is 18.4. The van der Waals surface area contributed by atoms with Gasteiger partial charge in [-0.15, -0.1) is 0 Å². The van der Waals surface area contributed by atoms with Crippen LogP contribution in [0.5, 0.6) is 5.75 Å². The topological polar surface area (TPSA) is 26.3 Å². The van der Waals surface area contributed by atoms with Crippen LogP contribution in [0.4, 0.5) is 0 Å². The van der Waals surface area contributed by atoms with E-state index in [9.17, 15) is 4.57 Å². The van der Waals surface area contributed by atoms with Crippen LogP contribution >= 0.6 is 39.0 Å². The summed E-state index contributed by atoms with van der Waals surface area (Å²) in [5.74, 6) is 0.718. The predicted octanol–water partition coefficient (Wildman–Crippen LogP) is 5.73. The Balaban J connectivity index is 2.17. The van der Waals surface area contributed by atoms with Gasteiger partial charge in [0.15, 0.2) is 0 Å². The fourth-order valence-corrected chi connectivity index (χ4v) is 7.03.